The van der Waals surface area contributed by atoms with Crippen LogP contribution in [0.4, 0.5) is 5.69 Å². The zero-order valence-corrected chi connectivity index (χ0v) is 28.7. The van der Waals surface area contributed by atoms with Crippen molar-refractivity contribution in [2.75, 3.05) is 19.9 Å². The number of amidine groups is 1. The van der Waals surface area contributed by atoms with Gasteiger partial charge in [0.1, 0.15) is 49.6 Å². The minimum absolute atomic E-state index is 0.0404. The highest BCUT2D eigenvalue weighted by atomic mass is 16.7. The molecule has 1 saturated heterocycles. The summed E-state index contributed by atoms with van der Waals surface area (Å²) in [6.45, 7) is -0.782. The van der Waals surface area contributed by atoms with Crippen LogP contribution in [0, 0.1) is 5.41 Å². The van der Waals surface area contributed by atoms with E-state index in [0.717, 1.165) is 0 Å². The standard InChI is InChI=1S/C38H33N5O12/c39-38-41-35-27(36(51)42-38)40-16-43(35)24-8-4-3-5-19(24)18-10-12-52-15-25-30(48)31(49)32(50)37(54-25)55-33-22(18)13-23-26(34(33)53-14-17(45)9-11-44)29(47)21-7-2-1-6-20(21)28(23)46/h1-8,10-13,17-18,25,30-32,37,45,48-50H,9,14-16H2,(H2,39,42,51)/p+1. The summed E-state index contributed by atoms with van der Waals surface area (Å²) in [6.07, 6.45) is -6.30. The van der Waals surface area contributed by atoms with Crippen molar-refractivity contribution < 1.29 is 63.5 Å². The number of aliphatic hydroxyl groups excluding tert-OH is 4. The number of carbonyl (C=O) groups excluding carboxylic acids is 4. The Morgan fingerprint density at radius 1 is 0.982 bits per heavy atom. The topological polar surface area (TPSA) is 251 Å². The second-order valence-corrected chi connectivity index (χ2v) is 13.4. The van der Waals surface area contributed by atoms with E-state index in [1.165, 1.54) is 24.5 Å². The third-order valence-corrected chi connectivity index (χ3v) is 10.0. The number of ketones is 2. The predicted molar refractivity (Wildman–Crippen MR) is 189 cm³/mol. The summed E-state index contributed by atoms with van der Waals surface area (Å²) in [6, 6.07) is 14.7. The maximum atomic E-state index is 14.3. The van der Waals surface area contributed by atoms with E-state index in [2.05, 4.69) is 15.3 Å². The number of ether oxygens (including phenoxy) is 4. The first-order valence-electron chi connectivity index (χ1n) is 17.3. The average Bonchev–Trinajstić information content (AvgIpc) is 3.60. The van der Waals surface area contributed by atoms with E-state index in [1.54, 1.807) is 42.5 Å². The second kappa shape index (κ2) is 14.4. The van der Waals surface area contributed by atoms with Crippen LogP contribution in [0.15, 0.2) is 76.9 Å². The summed E-state index contributed by atoms with van der Waals surface area (Å²) in [5.41, 5.74) is 1.24. The smallest absolute Gasteiger partial charge is 0.284 e. The normalized spacial score (nSPS) is 27.4. The van der Waals surface area contributed by atoms with Crippen molar-refractivity contribution in [1.29, 1.82) is 5.41 Å². The van der Waals surface area contributed by atoms with Gasteiger partial charge in [-0.3, -0.25) is 25.1 Å². The number of para-hydroxylation sites is 1. The van der Waals surface area contributed by atoms with Crippen LogP contribution in [-0.4, -0.2) is 118 Å². The molecule has 5 aliphatic rings. The van der Waals surface area contributed by atoms with Crippen LogP contribution in [0.5, 0.6) is 11.5 Å². The first kappa shape index (κ1) is 36.0. The summed E-state index contributed by atoms with van der Waals surface area (Å²) >= 11 is 0. The first-order valence-corrected chi connectivity index (χ1v) is 17.3. The number of hydrogen-bond donors (Lipinski definition) is 7. The van der Waals surface area contributed by atoms with Gasteiger partial charge in [-0.2, -0.15) is 4.99 Å². The molecule has 3 aromatic rings. The molecule has 1 aliphatic carbocycles. The van der Waals surface area contributed by atoms with Gasteiger partial charge in [0.05, 0.1) is 17.9 Å². The number of aldehydes is 1. The Kier molecular flexibility index (Phi) is 9.42. The highest BCUT2D eigenvalue weighted by Gasteiger charge is 2.48. The lowest BCUT2D eigenvalue weighted by Crippen LogP contribution is -3.09. The fraction of sp³-hybridized carbons (Fsp3) is 0.289. The van der Waals surface area contributed by atoms with Crippen LogP contribution >= 0.6 is 0 Å². The predicted octanol–water partition coefficient (Wildman–Crippen LogP) is -0.956. The highest BCUT2D eigenvalue weighted by molar-refractivity contribution is 6.68. The van der Waals surface area contributed by atoms with E-state index in [-0.39, 0.29) is 76.5 Å². The molecule has 1 amide bonds. The van der Waals surface area contributed by atoms with Crippen LogP contribution in [0.3, 0.4) is 0 Å². The molecular weight excluding hydrogens is 718 g/mol. The van der Waals surface area contributed by atoms with Crippen LogP contribution < -0.4 is 19.7 Å². The summed E-state index contributed by atoms with van der Waals surface area (Å²) < 4.78 is 24.3. The molecule has 4 aliphatic heterocycles. The van der Waals surface area contributed by atoms with Gasteiger partial charge in [-0.15, -0.1) is 0 Å². The number of rotatable bonds is 7. The molecule has 282 valence electrons. The molecule has 0 spiro atoms. The zero-order chi connectivity index (χ0) is 38.5. The van der Waals surface area contributed by atoms with Crippen molar-refractivity contribution >= 4 is 47.0 Å². The van der Waals surface area contributed by atoms with Gasteiger partial charge in [0.2, 0.25) is 18.0 Å². The fourth-order valence-corrected chi connectivity index (χ4v) is 7.31. The summed E-state index contributed by atoms with van der Waals surface area (Å²) in [7, 11) is 0. The summed E-state index contributed by atoms with van der Waals surface area (Å²) in [5, 5.41) is 53.8. The number of quaternary nitrogens is 1. The lowest BCUT2D eigenvalue weighted by molar-refractivity contribution is -0.723. The SMILES string of the molecule is N=C1N=C2C(=NC[NH+]2c2ccccc2C2C=COCC3OC(Oc4c2cc2c(c4OCC(O)CC=O)C(=O)c4ccccc4C2=O)C(O)C(O)C3O)C(=O)N1. The number of carbonyl (C=O) groups is 4. The molecule has 0 radical (unpaired) electrons. The van der Waals surface area contributed by atoms with Gasteiger partial charge in [0.25, 0.3) is 11.7 Å². The number of nitrogens with zero attached hydrogens (tertiary/aromatic N) is 2. The van der Waals surface area contributed by atoms with Crippen molar-refractivity contribution in [2.24, 2.45) is 9.98 Å². The molecule has 2 bridgehead atoms. The van der Waals surface area contributed by atoms with E-state index in [0.29, 0.717) is 22.4 Å². The van der Waals surface area contributed by atoms with Gasteiger partial charge in [0.15, 0.2) is 29.7 Å². The number of amides is 1. The number of aliphatic hydroxyl groups is 4. The number of nitrogens with one attached hydrogen (secondary N) is 3. The van der Waals surface area contributed by atoms with Crippen molar-refractivity contribution in [3.63, 3.8) is 0 Å². The average molecular weight is 753 g/mol. The van der Waals surface area contributed by atoms with E-state index in [1.807, 2.05) is 0 Å². The highest BCUT2D eigenvalue weighted by Crippen LogP contribution is 2.48. The van der Waals surface area contributed by atoms with E-state index in [9.17, 15) is 39.6 Å². The van der Waals surface area contributed by atoms with Crippen LogP contribution in [-0.2, 0) is 19.1 Å². The van der Waals surface area contributed by atoms with Gasteiger partial charge in [-0.25, -0.2) is 9.89 Å². The Labute approximate surface area is 311 Å². The van der Waals surface area contributed by atoms with E-state index < -0.39 is 66.8 Å². The molecule has 8 atom stereocenters. The molecule has 8 rings (SSSR count). The minimum atomic E-state index is -1.84. The monoisotopic (exact) mass is 752 g/mol. The fourth-order valence-electron chi connectivity index (χ4n) is 7.31. The Morgan fingerprint density at radius 3 is 2.51 bits per heavy atom. The quantitative estimate of drug-likeness (QED) is 0.113. The lowest BCUT2D eigenvalue weighted by Gasteiger charge is -2.40. The minimum Gasteiger partial charge on any atom is -0.499 e. The molecule has 17 nitrogen and oxygen atoms in total. The number of hydrogen-bond acceptors (Lipinski definition) is 14. The Balaban J connectivity index is 1.38. The Bertz CT molecular complexity index is 2240. The van der Waals surface area contributed by atoms with E-state index >= 15 is 0 Å². The summed E-state index contributed by atoms with van der Waals surface area (Å²) in [4.78, 5) is 61.8. The molecule has 8 unspecified atom stereocenters. The molecule has 1 fully saturated rings. The maximum Gasteiger partial charge on any atom is 0.284 e. The number of guanidine groups is 1. The van der Waals surface area contributed by atoms with Crippen molar-refractivity contribution in [1.82, 2.24) is 5.32 Å². The van der Waals surface area contributed by atoms with Crippen LogP contribution in [0.2, 0.25) is 0 Å². The molecule has 17 heteroatoms. The number of benzene rings is 3. The van der Waals surface area contributed by atoms with Gasteiger partial charge in [-0.1, -0.05) is 42.5 Å². The van der Waals surface area contributed by atoms with Crippen molar-refractivity contribution in [2.45, 2.75) is 49.1 Å². The van der Waals surface area contributed by atoms with E-state index in [4.69, 9.17) is 24.4 Å². The lowest BCUT2D eigenvalue weighted by atomic mass is 9.79. The largest absolute Gasteiger partial charge is 0.499 e. The molecule has 7 N–H and O–H groups in total. The second-order valence-electron chi connectivity index (χ2n) is 13.4. The van der Waals surface area contributed by atoms with Gasteiger partial charge in [-0.05, 0) is 18.2 Å². The van der Waals surface area contributed by atoms with Gasteiger partial charge in [0, 0.05) is 40.2 Å². The third kappa shape index (κ3) is 6.21. The van der Waals surface area contributed by atoms with Crippen molar-refractivity contribution in [3.8, 4) is 11.5 Å². The van der Waals surface area contributed by atoms with Crippen molar-refractivity contribution in [3.05, 3.63) is 100 Å². The number of allylic oxidation sites excluding steroid dienone is 1. The Hall–Kier alpha value is -5.95. The molecular formula is C38H34N5O12+. The number of aliphatic imine (C=N–C) groups is 2. The maximum absolute atomic E-state index is 14.3. The Morgan fingerprint density at radius 2 is 1.73 bits per heavy atom. The zero-order valence-electron chi connectivity index (χ0n) is 28.7. The van der Waals surface area contributed by atoms with Crippen LogP contribution in [0.25, 0.3) is 0 Å². The molecule has 3 aromatic carbocycles. The van der Waals surface area contributed by atoms with Gasteiger partial charge >= 0.3 is 0 Å². The molecule has 0 aromatic heterocycles. The molecule has 0 saturated carbocycles. The van der Waals surface area contributed by atoms with Gasteiger partial charge < -0.3 is 44.2 Å². The third-order valence-electron chi connectivity index (χ3n) is 10.0. The number of fused-ring (bicyclic) bond motifs is 6. The van der Waals surface area contributed by atoms with Crippen LogP contribution in [0.1, 0.15) is 55.3 Å². The molecule has 4 heterocycles. The first-order chi connectivity index (χ1) is 26.6. The summed E-state index contributed by atoms with van der Waals surface area (Å²) in [5.74, 6) is -3.34. The molecule has 55 heavy (non-hydrogen) atoms.